The summed E-state index contributed by atoms with van der Waals surface area (Å²) in [6, 6.07) is 40.8. The highest BCUT2D eigenvalue weighted by Gasteiger charge is 2.29. The first-order valence-corrected chi connectivity index (χ1v) is 12.7. The Balaban J connectivity index is 1.63. The van der Waals surface area contributed by atoms with Crippen molar-refractivity contribution in [3.63, 3.8) is 0 Å². The Bertz CT molecular complexity index is 1450. The maximum atomic E-state index is 14.1. The van der Waals surface area contributed by atoms with Crippen molar-refractivity contribution in [1.82, 2.24) is 0 Å². The summed E-state index contributed by atoms with van der Waals surface area (Å²) < 4.78 is 19.8. The molecule has 2 nitrogen and oxygen atoms in total. The van der Waals surface area contributed by atoms with Gasteiger partial charge >= 0.3 is 0 Å². The van der Waals surface area contributed by atoms with Crippen molar-refractivity contribution in [2.24, 2.45) is 0 Å². The minimum atomic E-state index is -3.21. The van der Waals surface area contributed by atoms with Gasteiger partial charge in [0.2, 0.25) is 0 Å². The van der Waals surface area contributed by atoms with Crippen LogP contribution in [0.5, 0.6) is 0 Å². The molecule has 5 rings (SSSR count). The third-order valence-corrected chi connectivity index (χ3v) is 8.70. The molecule has 5 aromatic rings. The molecule has 0 aromatic heterocycles. The van der Waals surface area contributed by atoms with Gasteiger partial charge in [0.15, 0.2) is 0 Å². The molecule has 0 fully saturated rings. The number of benzene rings is 5. The van der Waals surface area contributed by atoms with Crippen molar-refractivity contribution < 1.29 is 9.09 Å². The van der Waals surface area contributed by atoms with E-state index in [1.807, 2.05) is 48.5 Å². The van der Waals surface area contributed by atoms with Crippen LogP contribution in [0.1, 0.15) is 11.1 Å². The Morgan fingerprint density at radius 1 is 0.606 bits per heavy atom. The van der Waals surface area contributed by atoms with E-state index in [1.54, 1.807) is 0 Å². The van der Waals surface area contributed by atoms with Gasteiger partial charge in [-0.3, -0.25) is 4.57 Å². The number of fused-ring (bicyclic) bond motifs is 1. The van der Waals surface area contributed by atoms with Gasteiger partial charge in [-0.1, -0.05) is 103 Å². The lowest BCUT2D eigenvalue weighted by Gasteiger charge is -2.21. The second-order valence-corrected chi connectivity index (χ2v) is 10.5. The van der Waals surface area contributed by atoms with E-state index < -0.39 is 7.37 Å². The lowest BCUT2D eigenvalue weighted by molar-refractivity contribution is 0.412. The minimum absolute atomic E-state index is 0.662. The van der Waals surface area contributed by atoms with E-state index in [2.05, 4.69) is 72.8 Å². The fraction of sp³-hybridized carbons (Fsp3) is 0.0667. The van der Waals surface area contributed by atoms with Crippen molar-refractivity contribution in [1.29, 1.82) is 0 Å². The molecular formula is C30H25O2P. The van der Waals surface area contributed by atoms with Crippen LogP contribution in [0.25, 0.3) is 21.9 Å². The van der Waals surface area contributed by atoms with Crippen LogP contribution in [-0.2, 0) is 15.5 Å². The Hall–Kier alpha value is -3.45. The molecule has 3 heteroatoms. The molecule has 1 unspecified atom stereocenters. The molecule has 0 saturated carbocycles. The van der Waals surface area contributed by atoms with Crippen LogP contribution in [0.3, 0.4) is 0 Å². The van der Waals surface area contributed by atoms with Gasteiger partial charge in [-0.2, -0.15) is 0 Å². The highest BCUT2D eigenvalue weighted by atomic mass is 31.2. The van der Waals surface area contributed by atoms with Crippen LogP contribution in [0, 0.1) is 0 Å². The predicted octanol–water partition coefficient (Wildman–Crippen LogP) is 6.97. The first-order chi connectivity index (χ1) is 16.2. The van der Waals surface area contributed by atoms with Gasteiger partial charge in [0, 0.05) is 17.7 Å². The minimum Gasteiger partial charge on any atom is -0.325 e. The zero-order chi connectivity index (χ0) is 22.7. The molecule has 0 amide bonds. The number of rotatable bonds is 6. The van der Waals surface area contributed by atoms with Gasteiger partial charge in [0.25, 0.3) is 7.37 Å². The summed E-state index contributed by atoms with van der Waals surface area (Å²) in [5.41, 5.74) is 4.60. The Kier molecular flexibility index (Phi) is 5.96. The number of hydrogen-bond donors (Lipinski definition) is 0. The summed E-state index contributed by atoms with van der Waals surface area (Å²) in [5, 5.41) is 3.92. The maximum Gasteiger partial charge on any atom is 0.261 e. The predicted molar refractivity (Wildman–Crippen MR) is 139 cm³/mol. The summed E-state index contributed by atoms with van der Waals surface area (Å²) >= 11 is 0. The molecule has 0 N–H and O–H groups in total. The van der Waals surface area contributed by atoms with E-state index >= 15 is 0 Å². The molecule has 33 heavy (non-hydrogen) atoms. The molecule has 162 valence electrons. The van der Waals surface area contributed by atoms with Crippen LogP contribution in [0.2, 0.25) is 0 Å². The van der Waals surface area contributed by atoms with E-state index in [1.165, 1.54) is 34.6 Å². The van der Waals surface area contributed by atoms with E-state index in [0.717, 1.165) is 10.9 Å². The van der Waals surface area contributed by atoms with Crippen molar-refractivity contribution in [3.8, 4) is 11.1 Å². The lowest BCUT2D eigenvalue weighted by atomic mass is 9.92. The van der Waals surface area contributed by atoms with Gasteiger partial charge in [0.1, 0.15) is 0 Å². The molecular weight excluding hydrogens is 423 g/mol. The molecule has 0 aliphatic rings. The Morgan fingerprint density at radius 2 is 1.21 bits per heavy atom. The molecule has 5 aromatic carbocycles. The van der Waals surface area contributed by atoms with Crippen LogP contribution < -0.4 is 10.6 Å². The van der Waals surface area contributed by atoms with E-state index in [0.29, 0.717) is 11.7 Å². The zero-order valence-electron chi connectivity index (χ0n) is 18.5. The molecule has 1 atom stereocenters. The van der Waals surface area contributed by atoms with Gasteiger partial charge in [0.05, 0.1) is 0 Å². The average Bonchev–Trinajstić information content (AvgIpc) is 2.89. The third-order valence-electron chi connectivity index (χ3n) is 6.14. The standard InChI is InChI=1S/C30H25O2P/c1-32-33(31,26-16-3-2-4-17-26)30-21-10-7-14-25(30)22-24-13-6-9-19-28(24)29-20-11-15-23-12-5-8-18-27(23)29/h2-21H,22H2,1H3. The Morgan fingerprint density at radius 3 is 2.03 bits per heavy atom. The summed E-state index contributed by atoms with van der Waals surface area (Å²) in [6.07, 6.45) is 0.662. The molecule has 0 saturated heterocycles. The maximum absolute atomic E-state index is 14.1. The molecule has 0 spiro atoms. The molecule has 0 aliphatic carbocycles. The normalized spacial score (nSPS) is 13.0. The quantitative estimate of drug-likeness (QED) is 0.262. The van der Waals surface area contributed by atoms with Crippen LogP contribution >= 0.6 is 7.37 Å². The first kappa shape index (κ1) is 21.4. The Labute approximate surface area is 195 Å². The van der Waals surface area contributed by atoms with Gasteiger partial charge in [-0.25, -0.2) is 0 Å². The summed E-state index contributed by atoms with van der Waals surface area (Å²) in [7, 11) is -1.67. The van der Waals surface area contributed by atoms with Gasteiger partial charge in [-0.15, -0.1) is 0 Å². The summed E-state index contributed by atoms with van der Waals surface area (Å²) in [6.45, 7) is 0. The number of hydrogen-bond acceptors (Lipinski definition) is 2. The van der Waals surface area contributed by atoms with Gasteiger partial charge < -0.3 is 4.52 Å². The molecule has 0 bridgehead atoms. The fourth-order valence-corrected chi connectivity index (χ4v) is 6.58. The van der Waals surface area contributed by atoms with E-state index in [-0.39, 0.29) is 0 Å². The zero-order valence-corrected chi connectivity index (χ0v) is 19.4. The van der Waals surface area contributed by atoms with Crippen molar-refractivity contribution in [3.05, 3.63) is 132 Å². The SMILES string of the molecule is COP(=O)(c1ccccc1)c1ccccc1Cc1ccccc1-c1cccc2ccccc12. The van der Waals surface area contributed by atoms with Crippen LogP contribution in [0.15, 0.2) is 121 Å². The fourth-order valence-electron chi connectivity index (χ4n) is 4.52. The van der Waals surface area contributed by atoms with E-state index in [4.69, 9.17) is 4.52 Å². The average molecular weight is 449 g/mol. The summed E-state index contributed by atoms with van der Waals surface area (Å²) in [5.74, 6) is 0. The van der Waals surface area contributed by atoms with Gasteiger partial charge in [-0.05, 0) is 57.6 Å². The summed E-state index contributed by atoms with van der Waals surface area (Å²) in [4.78, 5) is 0. The van der Waals surface area contributed by atoms with Crippen LogP contribution in [0.4, 0.5) is 0 Å². The molecule has 0 aliphatic heterocycles. The van der Waals surface area contributed by atoms with Crippen LogP contribution in [-0.4, -0.2) is 7.11 Å². The second kappa shape index (κ2) is 9.19. The molecule has 0 heterocycles. The van der Waals surface area contributed by atoms with Crippen molar-refractivity contribution in [2.75, 3.05) is 7.11 Å². The van der Waals surface area contributed by atoms with Crippen molar-refractivity contribution >= 4 is 28.8 Å². The topological polar surface area (TPSA) is 26.3 Å². The first-order valence-electron chi connectivity index (χ1n) is 11.1. The van der Waals surface area contributed by atoms with Crippen molar-refractivity contribution in [2.45, 2.75) is 6.42 Å². The highest BCUT2D eigenvalue weighted by molar-refractivity contribution is 7.74. The lowest BCUT2D eigenvalue weighted by Crippen LogP contribution is -2.21. The second-order valence-electron chi connectivity index (χ2n) is 8.06. The third kappa shape index (κ3) is 4.04. The highest BCUT2D eigenvalue weighted by Crippen LogP contribution is 2.45. The monoisotopic (exact) mass is 448 g/mol. The van der Waals surface area contributed by atoms with E-state index in [9.17, 15) is 4.57 Å². The molecule has 0 radical (unpaired) electrons. The smallest absolute Gasteiger partial charge is 0.261 e. The largest absolute Gasteiger partial charge is 0.325 e.